The highest BCUT2D eigenvalue weighted by Crippen LogP contribution is 2.30. The van der Waals surface area contributed by atoms with Crippen LogP contribution < -0.4 is 0 Å². The third-order valence-electron chi connectivity index (χ3n) is 4.54. The van der Waals surface area contributed by atoms with Crippen molar-refractivity contribution in [1.82, 2.24) is 14.7 Å². The van der Waals surface area contributed by atoms with Crippen molar-refractivity contribution in [3.05, 3.63) is 53.6 Å². The number of aliphatic hydroxyl groups excluding tert-OH is 1. The van der Waals surface area contributed by atoms with Crippen molar-refractivity contribution in [2.75, 3.05) is 19.7 Å². The second kappa shape index (κ2) is 6.93. The molecule has 1 aliphatic rings. The summed E-state index contributed by atoms with van der Waals surface area (Å²) in [5, 5.41) is 14.4. The summed E-state index contributed by atoms with van der Waals surface area (Å²) in [5.74, 6) is -0.616. The first kappa shape index (κ1) is 17.6. The number of ether oxygens (including phenoxy) is 1. The van der Waals surface area contributed by atoms with Gasteiger partial charge in [-0.05, 0) is 24.6 Å². The lowest BCUT2D eigenvalue weighted by Gasteiger charge is -2.40. The zero-order valence-corrected chi connectivity index (χ0v) is 14.4. The predicted octanol–water partition coefficient (Wildman–Crippen LogP) is 1.76. The SMILES string of the molecule is Cn1cc(C2(C)CN(C(=O)CC(O)c3cccc(F)c3)CCO2)cn1. The van der Waals surface area contributed by atoms with Crippen molar-refractivity contribution in [3.63, 3.8) is 0 Å². The minimum absolute atomic E-state index is 0.0907. The summed E-state index contributed by atoms with van der Waals surface area (Å²) in [7, 11) is 1.83. The van der Waals surface area contributed by atoms with Crippen LogP contribution in [0.3, 0.4) is 0 Å². The molecule has 3 rings (SSSR count). The number of hydrogen-bond donors (Lipinski definition) is 1. The van der Waals surface area contributed by atoms with Crippen LogP contribution >= 0.6 is 0 Å². The van der Waals surface area contributed by atoms with Crippen molar-refractivity contribution in [3.8, 4) is 0 Å². The number of aryl methyl sites for hydroxylation is 1. The quantitative estimate of drug-likeness (QED) is 0.915. The Morgan fingerprint density at radius 1 is 1.52 bits per heavy atom. The molecule has 0 saturated carbocycles. The van der Waals surface area contributed by atoms with Gasteiger partial charge in [-0.1, -0.05) is 12.1 Å². The fourth-order valence-electron chi connectivity index (χ4n) is 3.08. The highest BCUT2D eigenvalue weighted by molar-refractivity contribution is 5.77. The number of carbonyl (C=O) groups is 1. The van der Waals surface area contributed by atoms with E-state index in [2.05, 4.69) is 5.10 Å². The standard InChI is InChI=1S/C18H22FN3O3/c1-18(14-10-20-21(2)11-14)12-22(6-7-25-18)17(24)9-16(23)13-4-3-5-15(19)8-13/h3-5,8,10-11,16,23H,6-7,9,12H2,1-2H3. The predicted molar refractivity (Wildman–Crippen MR) is 89.1 cm³/mol. The molecule has 1 aliphatic heterocycles. The molecule has 2 unspecified atom stereocenters. The molecule has 1 N–H and O–H groups in total. The molecule has 0 spiro atoms. The van der Waals surface area contributed by atoms with Crippen molar-refractivity contribution in [2.45, 2.75) is 25.0 Å². The lowest BCUT2D eigenvalue weighted by Crippen LogP contribution is -2.50. The molecular weight excluding hydrogens is 325 g/mol. The minimum atomic E-state index is -1.03. The van der Waals surface area contributed by atoms with E-state index in [9.17, 15) is 14.3 Å². The van der Waals surface area contributed by atoms with Gasteiger partial charge in [0.15, 0.2) is 0 Å². The molecule has 0 bridgehead atoms. The Hall–Kier alpha value is -2.25. The molecule has 2 aromatic rings. The van der Waals surface area contributed by atoms with Gasteiger partial charge in [-0.2, -0.15) is 5.10 Å². The molecule has 7 heteroatoms. The topological polar surface area (TPSA) is 67.6 Å². The number of carbonyl (C=O) groups excluding carboxylic acids is 1. The monoisotopic (exact) mass is 347 g/mol. The molecule has 1 amide bonds. The summed E-state index contributed by atoms with van der Waals surface area (Å²) in [4.78, 5) is 14.3. The molecule has 1 saturated heterocycles. The van der Waals surface area contributed by atoms with Gasteiger partial charge < -0.3 is 14.7 Å². The Morgan fingerprint density at radius 2 is 2.32 bits per heavy atom. The van der Waals surface area contributed by atoms with Gasteiger partial charge in [-0.15, -0.1) is 0 Å². The molecular formula is C18H22FN3O3. The van der Waals surface area contributed by atoms with E-state index in [-0.39, 0.29) is 12.3 Å². The van der Waals surface area contributed by atoms with E-state index < -0.39 is 17.5 Å². The number of nitrogens with zero attached hydrogens (tertiary/aromatic N) is 3. The zero-order chi connectivity index (χ0) is 18.0. The van der Waals surface area contributed by atoms with E-state index in [1.807, 2.05) is 20.2 Å². The van der Waals surface area contributed by atoms with Crippen LogP contribution in [0.25, 0.3) is 0 Å². The Bertz CT molecular complexity index is 764. The Kier molecular flexibility index (Phi) is 4.87. The van der Waals surface area contributed by atoms with Crippen molar-refractivity contribution in [2.24, 2.45) is 7.05 Å². The Morgan fingerprint density at radius 3 is 3.00 bits per heavy atom. The van der Waals surface area contributed by atoms with Gasteiger partial charge in [0.25, 0.3) is 0 Å². The third-order valence-corrected chi connectivity index (χ3v) is 4.54. The van der Waals surface area contributed by atoms with Crippen molar-refractivity contribution >= 4 is 5.91 Å². The second-order valence-electron chi connectivity index (χ2n) is 6.57. The average Bonchev–Trinajstić information content (AvgIpc) is 3.02. The van der Waals surface area contributed by atoms with Crippen LogP contribution in [0.1, 0.15) is 30.6 Å². The normalized spacial score (nSPS) is 22.0. The fraction of sp³-hybridized carbons (Fsp3) is 0.444. The van der Waals surface area contributed by atoms with Crippen LogP contribution in [-0.2, 0) is 22.2 Å². The van der Waals surface area contributed by atoms with Crippen molar-refractivity contribution in [1.29, 1.82) is 0 Å². The van der Waals surface area contributed by atoms with Crippen LogP contribution in [0.5, 0.6) is 0 Å². The summed E-state index contributed by atoms with van der Waals surface area (Å²) < 4.78 is 20.9. The molecule has 2 atom stereocenters. The number of rotatable bonds is 4. The zero-order valence-electron chi connectivity index (χ0n) is 14.4. The molecule has 6 nitrogen and oxygen atoms in total. The highest BCUT2D eigenvalue weighted by Gasteiger charge is 2.37. The summed E-state index contributed by atoms with van der Waals surface area (Å²) in [6.45, 7) is 3.18. The summed E-state index contributed by atoms with van der Waals surface area (Å²) in [6, 6.07) is 5.68. The second-order valence-corrected chi connectivity index (χ2v) is 6.57. The molecule has 1 fully saturated rings. The number of hydrogen-bond acceptors (Lipinski definition) is 4. The molecule has 1 aromatic carbocycles. The van der Waals surface area contributed by atoms with Gasteiger partial charge >= 0.3 is 0 Å². The van der Waals surface area contributed by atoms with Gasteiger partial charge in [0.1, 0.15) is 11.4 Å². The fourth-order valence-corrected chi connectivity index (χ4v) is 3.08. The molecule has 2 heterocycles. The highest BCUT2D eigenvalue weighted by atomic mass is 19.1. The lowest BCUT2D eigenvalue weighted by molar-refractivity contribution is -0.151. The average molecular weight is 347 g/mol. The van der Waals surface area contributed by atoms with Gasteiger partial charge in [0.05, 0.1) is 31.9 Å². The smallest absolute Gasteiger partial charge is 0.225 e. The van der Waals surface area contributed by atoms with Crippen LogP contribution in [-0.4, -0.2) is 45.4 Å². The van der Waals surface area contributed by atoms with E-state index in [1.165, 1.54) is 18.2 Å². The van der Waals surface area contributed by atoms with E-state index in [1.54, 1.807) is 21.8 Å². The maximum atomic E-state index is 13.3. The molecule has 1 aromatic heterocycles. The van der Waals surface area contributed by atoms with E-state index in [0.29, 0.717) is 25.3 Å². The van der Waals surface area contributed by atoms with Crippen LogP contribution in [0.2, 0.25) is 0 Å². The van der Waals surface area contributed by atoms with Gasteiger partial charge in [0.2, 0.25) is 5.91 Å². The maximum Gasteiger partial charge on any atom is 0.225 e. The number of amides is 1. The van der Waals surface area contributed by atoms with Gasteiger partial charge in [0, 0.05) is 25.4 Å². The lowest BCUT2D eigenvalue weighted by atomic mass is 9.96. The Balaban J connectivity index is 1.67. The molecule has 134 valence electrons. The molecule has 0 aliphatic carbocycles. The first-order chi connectivity index (χ1) is 11.9. The van der Waals surface area contributed by atoms with Crippen molar-refractivity contribution < 1.29 is 19.0 Å². The Labute approximate surface area is 145 Å². The van der Waals surface area contributed by atoms with E-state index >= 15 is 0 Å². The van der Waals surface area contributed by atoms with Crippen LogP contribution in [0, 0.1) is 5.82 Å². The minimum Gasteiger partial charge on any atom is -0.388 e. The van der Waals surface area contributed by atoms with E-state index in [0.717, 1.165) is 5.56 Å². The van der Waals surface area contributed by atoms with E-state index in [4.69, 9.17) is 4.74 Å². The van der Waals surface area contributed by atoms with Gasteiger partial charge in [-0.25, -0.2) is 4.39 Å². The first-order valence-electron chi connectivity index (χ1n) is 8.22. The number of aromatic nitrogens is 2. The third kappa shape index (κ3) is 3.88. The number of aliphatic hydroxyl groups is 1. The number of benzene rings is 1. The summed E-state index contributed by atoms with van der Waals surface area (Å²) in [5.41, 5.74) is 0.668. The van der Waals surface area contributed by atoms with Gasteiger partial charge in [-0.3, -0.25) is 9.48 Å². The first-order valence-corrected chi connectivity index (χ1v) is 8.22. The van der Waals surface area contributed by atoms with Crippen LogP contribution in [0.4, 0.5) is 4.39 Å². The summed E-state index contributed by atoms with van der Waals surface area (Å²) in [6.07, 6.45) is 2.48. The molecule has 25 heavy (non-hydrogen) atoms. The molecule has 0 radical (unpaired) electrons. The largest absolute Gasteiger partial charge is 0.388 e. The number of halogens is 1. The van der Waals surface area contributed by atoms with Crippen LogP contribution in [0.15, 0.2) is 36.7 Å². The number of morpholine rings is 1. The maximum absolute atomic E-state index is 13.3. The summed E-state index contributed by atoms with van der Waals surface area (Å²) >= 11 is 0.